The van der Waals surface area contributed by atoms with E-state index in [0.717, 1.165) is 53.6 Å². The maximum Gasteiger partial charge on any atom is 0.339 e. The molecule has 1 N–H and O–H groups in total. The molecule has 39 heavy (non-hydrogen) atoms. The number of unbranched alkanes of at least 4 members (excludes halogenated alkanes) is 10. The van der Waals surface area contributed by atoms with Crippen LogP contribution in [0.4, 0.5) is 0 Å². The molecule has 212 valence electrons. The first kappa shape index (κ1) is 32.3. The van der Waals surface area contributed by atoms with E-state index >= 15 is 0 Å². The lowest BCUT2D eigenvalue weighted by Crippen LogP contribution is -2.13. The molecule has 5 nitrogen and oxygen atoms in total. The third kappa shape index (κ3) is 12.7. The zero-order valence-electron chi connectivity index (χ0n) is 23.6. The summed E-state index contributed by atoms with van der Waals surface area (Å²) in [6, 6.07) is 14.7. The number of fused-ring (bicyclic) bond motifs is 1. The van der Waals surface area contributed by atoms with E-state index in [1.807, 2.05) is 36.4 Å². The minimum Gasteiger partial charge on any atom is -0.478 e. The third-order valence-corrected chi connectivity index (χ3v) is 6.89. The molecule has 0 radical (unpaired) electrons. The topological polar surface area (TPSA) is 76.5 Å². The molecule has 3 rings (SSSR count). The average molecular weight is 554 g/mol. The summed E-state index contributed by atoms with van der Waals surface area (Å²) in [7, 11) is 0. The van der Waals surface area contributed by atoms with E-state index in [0.29, 0.717) is 6.61 Å². The molecule has 0 amide bonds. The molecule has 0 bridgehead atoms. The number of benzene rings is 2. The van der Waals surface area contributed by atoms with Crippen LogP contribution in [0.15, 0.2) is 54.7 Å². The van der Waals surface area contributed by atoms with Crippen molar-refractivity contribution in [2.45, 2.75) is 97.3 Å². The van der Waals surface area contributed by atoms with Gasteiger partial charge in [-0.3, -0.25) is 4.98 Å². The summed E-state index contributed by atoms with van der Waals surface area (Å²) in [4.78, 5) is 28.0. The van der Waals surface area contributed by atoms with Gasteiger partial charge in [0.2, 0.25) is 0 Å². The van der Waals surface area contributed by atoms with Gasteiger partial charge in [0.25, 0.3) is 0 Å². The summed E-state index contributed by atoms with van der Waals surface area (Å²) in [6.07, 6.45) is 16.6. The molecule has 1 aromatic heterocycles. The zero-order chi connectivity index (χ0) is 28.3. The van der Waals surface area contributed by atoms with Gasteiger partial charge < -0.3 is 9.84 Å². The number of carbonyl (C=O) groups is 2. The first-order chi connectivity index (χ1) is 19.0. The number of pyridine rings is 1. The number of esters is 1. The number of aromatic nitrogens is 1. The fraction of sp³-hybridized carbons (Fsp3) is 0.485. The van der Waals surface area contributed by atoms with Crippen LogP contribution in [-0.2, 0) is 11.2 Å². The summed E-state index contributed by atoms with van der Waals surface area (Å²) >= 11 is 5.78. The Kier molecular flexibility index (Phi) is 15.9. The second-order valence-corrected chi connectivity index (χ2v) is 10.4. The average Bonchev–Trinajstić information content (AvgIpc) is 2.94. The van der Waals surface area contributed by atoms with E-state index < -0.39 is 11.9 Å². The highest BCUT2D eigenvalue weighted by Gasteiger charge is 2.18. The normalized spacial score (nSPS) is 10.6. The number of hydrogen-bond donors (Lipinski definition) is 1. The zero-order valence-corrected chi connectivity index (χ0v) is 24.3. The second kappa shape index (κ2) is 19.2. The lowest BCUT2D eigenvalue weighted by Gasteiger charge is -2.10. The number of hydrogen-bond acceptors (Lipinski definition) is 4. The Hall–Kier alpha value is -2.92. The predicted octanol–water partition coefficient (Wildman–Crippen LogP) is 9.69. The quantitative estimate of drug-likeness (QED) is 0.141. The molecule has 0 atom stereocenters. The highest BCUT2D eigenvalue weighted by Crippen LogP contribution is 2.18. The Labute approximate surface area is 238 Å². The van der Waals surface area contributed by atoms with Crippen molar-refractivity contribution in [1.82, 2.24) is 4.98 Å². The van der Waals surface area contributed by atoms with Gasteiger partial charge >= 0.3 is 11.9 Å². The van der Waals surface area contributed by atoms with Crippen molar-refractivity contribution in [2.75, 3.05) is 6.61 Å². The SMILES string of the molecule is CCCCCCCCOC(=O)c1cc(CCCCCCCC)ccc1C(=O)O.Clc1ccc2cccnc2c1. The number of aryl methyl sites for hydroxylation is 1. The number of ether oxygens (including phenoxy) is 1. The Morgan fingerprint density at radius 1 is 0.795 bits per heavy atom. The standard InChI is InChI=1S/C24H38O4.C9H6ClN/c1-3-5-7-9-11-13-15-20-16-17-21(23(25)26)22(19-20)24(27)28-18-14-12-10-8-6-4-2;10-8-4-3-7-2-1-5-11-9(7)6-8/h16-17,19H,3-15,18H2,1-2H3,(H,25,26);1-6H. The molecule has 0 unspecified atom stereocenters. The third-order valence-electron chi connectivity index (χ3n) is 6.65. The van der Waals surface area contributed by atoms with E-state index in [1.54, 1.807) is 12.3 Å². The Balaban J connectivity index is 0.000000397. The summed E-state index contributed by atoms with van der Waals surface area (Å²) in [5.41, 5.74) is 2.16. The van der Waals surface area contributed by atoms with Gasteiger partial charge in [-0.05, 0) is 55.2 Å². The van der Waals surface area contributed by atoms with Crippen molar-refractivity contribution in [2.24, 2.45) is 0 Å². The summed E-state index contributed by atoms with van der Waals surface area (Å²) < 4.78 is 5.35. The van der Waals surface area contributed by atoms with E-state index in [1.165, 1.54) is 57.4 Å². The van der Waals surface area contributed by atoms with Gasteiger partial charge in [-0.25, -0.2) is 9.59 Å². The molecule has 0 saturated carbocycles. The lowest BCUT2D eigenvalue weighted by molar-refractivity contribution is 0.0487. The first-order valence-electron chi connectivity index (χ1n) is 14.5. The maximum atomic E-state index is 12.4. The Morgan fingerprint density at radius 3 is 2.15 bits per heavy atom. The molecule has 0 spiro atoms. The minimum atomic E-state index is -1.09. The van der Waals surface area contributed by atoms with Crippen molar-refractivity contribution >= 4 is 34.4 Å². The smallest absolute Gasteiger partial charge is 0.339 e. The Morgan fingerprint density at radius 2 is 1.46 bits per heavy atom. The molecule has 0 aliphatic heterocycles. The van der Waals surface area contributed by atoms with Gasteiger partial charge in [0.15, 0.2) is 0 Å². The molecule has 0 fully saturated rings. The van der Waals surface area contributed by atoms with Crippen LogP contribution in [0.3, 0.4) is 0 Å². The molecule has 0 saturated heterocycles. The molecule has 2 aromatic carbocycles. The fourth-order valence-corrected chi connectivity index (χ4v) is 4.54. The summed E-state index contributed by atoms with van der Waals surface area (Å²) in [5.74, 6) is -1.60. The summed E-state index contributed by atoms with van der Waals surface area (Å²) in [6.45, 7) is 4.74. The first-order valence-corrected chi connectivity index (χ1v) is 14.9. The van der Waals surface area contributed by atoms with Crippen LogP contribution in [0.25, 0.3) is 10.9 Å². The summed E-state index contributed by atoms with van der Waals surface area (Å²) in [5, 5.41) is 11.2. The number of aromatic carboxylic acids is 1. The molecule has 6 heteroatoms. The number of halogens is 1. The van der Waals surface area contributed by atoms with Crippen LogP contribution in [0.5, 0.6) is 0 Å². The van der Waals surface area contributed by atoms with Crippen molar-refractivity contribution < 1.29 is 19.4 Å². The largest absolute Gasteiger partial charge is 0.478 e. The van der Waals surface area contributed by atoms with E-state index in [2.05, 4.69) is 18.8 Å². The monoisotopic (exact) mass is 553 g/mol. The highest BCUT2D eigenvalue weighted by atomic mass is 35.5. The van der Waals surface area contributed by atoms with Crippen LogP contribution in [-0.4, -0.2) is 28.6 Å². The molecule has 1 heterocycles. The van der Waals surface area contributed by atoms with Crippen LogP contribution in [0.2, 0.25) is 5.02 Å². The second-order valence-electron chi connectivity index (χ2n) is 9.95. The van der Waals surface area contributed by atoms with Crippen LogP contribution >= 0.6 is 11.6 Å². The van der Waals surface area contributed by atoms with Crippen molar-refractivity contribution in [3.8, 4) is 0 Å². The van der Waals surface area contributed by atoms with Gasteiger partial charge in [-0.15, -0.1) is 0 Å². The van der Waals surface area contributed by atoms with Gasteiger partial charge in [0.1, 0.15) is 0 Å². The lowest BCUT2D eigenvalue weighted by atomic mass is 9.99. The van der Waals surface area contributed by atoms with Crippen LogP contribution in [0, 0.1) is 0 Å². The fourth-order valence-electron chi connectivity index (χ4n) is 4.38. The number of nitrogens with zero attached hydrogens (tertiary/aromatic N) is 1. The van der Waals surface area contributed by atoms with Crippen molar-refractivity contribution in [3.05, 3.63) is 76.4 Å². The highest BCUT2D eigenvalue weighted by molar-refractivity contribution is 6.31. The molecule has 0 aliphatic carbocycles. The van der Waals surface area contributed by atoms with Crippen molar-refractivity contribution in [1.29, 1.82) is 0 Å². The van der Waals surface area contributed by atoms with Gasteiger partial charge in [0.05, 0.1) is 23.3 Å². The predicted molar refractivity (Wildman–Crippen MR) is 161 cm³/mol. The molecular weight excluding hydrogens is 510 g/mol. The number of carboxylic acids is 1. The van der Waals surface area contributed by atoms with Crippen molar-refractivity contribution in [3.63, 3.8) is 0 Å². The van der Waals surface area contributed by atoms with E-state index in [-0.39, 0.29) is 11.1 Å². The van der Waals surface area contributed by atoms with Gasteiger partial charge in [0, 0.05) is 16.6 Å². The minimum absolute atomic E-state index is 0.0274. The van der Waals surface area contributed by atoms with Gasteiger partial charge in [-0.1, -0.05) is 108 Å². The maximum absolute atomic E-state index is 12.4. The number of carboxylic acid groups (broad SMARTS) is 1. The van der Waals surface area contributed by atoms with Gasteiger partial charge in [-0.2, -0.15) is 0 Å². The molecule has 0 aliphatic rings. The number of carbonyl (C=O) groups excluding carboxylic acids is 1. The molecule has 3 aromatic rings. The van der Waals surface area contributed by atoms with Crippen LogP contribution in [0.1, 0.15) is 117 Å². The Bertz CT molecular complexity index is 1150. The van der Waals surface area contributed by atoms with E-state index in [9.17, 15) is 14.7 Å². The number of rotatable bonds is 16. The molecular formula is C33H44ClNO4. The van der Waals surface area contributed by atoms with Crippen LogP contribution < -0.4 is 0 Å². The van der Waals surface area contributed by atoms with E-state index in [4.69, 9.17) is 16.3 Å².